The molecule has 0 bridgehead atoms. The zero-order valence-electron chi connectivity index (χ0n) is 11.3. The van der Waals surface area contributed by atoms with E-state index in [0.29, 0.717) is 4.88 Å². The molecule has 0 fully saturated rings. The fourth-order valence-electron chi connectivity index (χ4n) is 1.30. The highest BCUT2D eigenvalue weighted by Gasteiger charge is 2.20. The molecule has 98 valence electrons. The molecule has 0 saturated heterocycles. The van der Waals surface area contributed by atoms with Crippen LogP contribution in [0.1, 0.15) is 47.3 Å². The number of aliphatic hydroxyl groups is 1. The van der Waals surface area contributed by atoms with Crippen LogP contribution in [-0.2, 0) is 0 Å². The third kappa shape index (κ3) is 3.86. The second-order valence-corrected chi connectivity index (χ2v) is 5.83. The highest BCUT2D eigenvalue weighted by atomic mass is 32.1. The van der Waals surface area contributed by atoms with Gasteiger partial charge in [-0.25, -0.2) is 0 Å². The van der Waals surface area contributed by atoms with Gasteiger partial charge >= 0.3 is 0 Å². The van der Waals surface area contributed by atoms with Crippen molar-refractivity contribution in [3.05, 3.63) is 21.4 Å². The van der Waals surface area contributed by atoms with Gasteiger partial charge in [-0.05, 0) is 38.8 Å². The smallest absolute Gasteiger partial charge is 0.261 e. The van der Waals surface area contributed by atoms with Crippen LogP contribution in [-0.4, -0.2) is 23.2 Å². The Labute approximate surface area is 112 Å². The van der Waals surface area contributed by atoms with E-state index >= 15 is 0 Å². The molecule has 1 rings (SSSR count). The van der Waals surface area contributed by atoms with Crippen LogP contribution >= 0.6 is 11.3 Å². The van der Waals surface area contributed by atoms with Crippen molar-refractivity contribution in [1.29, 1.82) is 0 Å². The highest BCUT2D eigenvalue weighted by molar-refractivity contribution is 7.14. The average molecular weight is 265 g/mol. The monoisotopic (exact) mass is 265 g/mol. The predicted molar refractivity (Wildman–Crippen MR) is 74.9 cm³/mol. The predicted octanol–water partition coefficient (Wildman–Crippen LogP) is 2.32. The van der Waals surface area contributed by atoms with Crippen molar-refractivity contribution < 1.29 is 9.90 Å². The van der Waals surface area contributed by atoms with E-state index in [1.54, 1.807) is 0 Å². The van der Waals surface area contributed by atoms with Gasteiger partial charge in [-0.15, -0.1) is 11.3 Å². The Morgan fingerprint density at radius 1 is 1.56 bits per heavy atom. The van der Waals surface area contributed by atoms with Crippen molar-refractivity contribution >= 4 is 17.2 Å². The number of carbonyl (C=O) groups excluding carboxylic acids is 1. The minimum absolute atomic E-state index is 0.0630. The number of thiophene rings is 1. The molecule has 1 amide bonds. The van der Waals surface area contributed by atoms with Gasteiger partial charge < -0.3 is 10.4 Å². The summed E-state index contributed by atoms with van der Waals surface area (Å²) in [5, 5.41) is 11.7. The van der Waals surface area contributed by atoms with Crippen LogP contribution in [0, 0.1) is 18.8 Å². The molecule has 1 aromatic rings. The molecule has 0 unspecified atom stereocenters. The number of carbonyl (C=O) groups is 1. The molecule has 0 radical (unpaired) electrons. The van der Waals surface area contributed by atoms with Crippen LogP contribution in [0.5, 0.6) is 0 Å². The summed E-state index contributed by atoms with van der Waals surface area (Å²) in [5.41, 5.74) is 0.770. The maximum atomic E-state index is 12.1. The first-order chi connectivity index (χ1) is 8.39. The minimum atomic E-state index is -0.202. The van der Waals surface area contributed by atoms with Gasteiger partial charge in [0.15, 0.2) is 0 Å². The maximum Gasteiger partial charge on any atom is 0.261 e. The second kappa shape index (κ2) is 6.03. The normalized spacial score (nSPS) is 10.7. The van der Waals surface area contributed by atoms with E-state index in [-0.39, 0.29) is 18.1 Å². The molecule has 1 heterocycles. The zero-order valence-corrected chi connectivity index (χ0v) is 12.1. The summed E-state index contributed by atoms with van der Waals surface area (Å²) in [6.45, 7) is 7.79. The second-order valence-electron chi connectivity index (χ2n) is 4.77. The van der Waals surface area contributed by atoms with Crippen molar-refractivity contribution in [2.24, 2.45) is 0 Å². The molecule has 1 aromatic heterocycles. The number of aliphatic hydroxyl groups excluding tert-OH is 1. The molecular weight excluding hydrogens is 246 g/mol. The van der Waals surface area contributed by atoms with Crippen LogP contribution in [0.4, 0.5) is 0 Å². The van der Waals surface area contributed by atoms with Gasteiger partial charge in [0.1, 0.15) is 6.61 Å². The Hall–Kier alpha value is -1.31. The number of hydrogen-bond acceptors (Lipinski definition) is 3. The lowest BCUT2D eigenvalue weighted by molar-refractivity contribution is 0.0915. The van der Waals surface area contributed by atoms with Crippen molar-refractivity contribution in [3.8, 4) is 11.8 Å². The number of nitrogens with one attached hydrogen (secondary N) is 1. The molecule has 0 aliphatic rings. The largest absolute Gasteiger partial charge is 0.384 e. The Bertz CT molecular complexity index is 492. The lowest BCUT2D eigenvalue weighted by Gasteiger charge is -2.23. The quantitative estimate of drug-likeness (QED) is 0.824. The van der Waals surface area contributed by atoms with Gasteiger partial charge in [0.25, 0.3) is 5.91 Å². The van der Waals surface area contributed by atoms with Crippen molar-refractivity contribution in [2.45, 2.75) is 39.7 Å². The van der Waals surface area contributed by atoms with Gasteiger partial charge in [0.2, 0.25) is 0 Å². The SMILES string of the molecule is CCC(C)(C)NC(=O)c1cc(C)c(C#CCO)s1. The van der Waals surface area contributed by atoms with E-state index in [9.17, 15) is 4.79 Å². The minimum Gasteiger partial charge on any atom is -0.384 e. The summed E-state index contributed by atoms with van der Waals surface area (Å²) in [5.74, 6) is 5.39. The van der Waals surface area contributed by atoms with E-state index in [4.69, 9.17) is 5.11 Å². The highest BCUT2D eigenvalue weighted by Crippen LogP contribution is 2.21. The zero-order chi connectivity index (χ0) is 13.8. The van der Waals surface area contributed by atoms with E-state index in [0.717, 1.165) is 16.9 Å². The van der Waals surface area contributed by atoms with Crippen molar-refractivity contribution in [1.82, 2.24) is 5.32 Å². The van der Waals surface area contributed by atoms with Crippen molar-refractivity contribution in [2.75, 3.05) is 6.61 Å². The Kier molecular flexibility index (Phi) is 4.94. The van der Waals surface area contributed by atoms with Crippen molar-refractivity contribution in [3.63, 3.8) is 0 Å². The number of amides is 1. The third-order valence-corrected chi connectivity index (χ3v) is 3.91. The van der Waals surface area contributed by atoms with Crippen LogP contribution in [0.2, 0.25) is 0 Å². The summed E-state index contributed by atoms with van der Waals surface area (Å²) in [6, 6.07) is 1.84. The topological polar surface area (TPSA) is 49.3 Å². The first-order valence-corrected chi connectivity index (χ1v) is 6.74. The molecule has 2 N–H and O–H groups in total. The van der Waals surface area contributed by atoms with E-state index in [1.807, 2.05) is 33.8 Å². The molecule has 0 saturated carbocycles. The van der Waals surface area contributed by atoms with Gasteiger partial charge in [-0.3, -0.25) is 4.79 Å². The first-order valence-electron chi connectivity index (χ1n) is 5.92. The molecule has 4 heteroatoms. The molecule has 0 aromatic carbocycles. The van der Waals surface area contributed by atoms with Gasteiger partial charge in [-0.1, -0.05) is 18.8 Å². The number of rotatable bonds is 3. The average Bonchev–Trinajstić information content (AvgIpc) is 2.68. The summed E-state index contributed by atoms with van der Waals surface area (Å²) in [7, 11) is 0. The standard InChI is InChI=1S/C14H19NO2S/c1-5-14(3,4)15-13(17)12-9-10(2)11(18-12)7-6-8-16/h9,16H,5,8H2,1-4H3,(H,15,17). The first kappa shape index (κ1) is 14.7. The molecule has 3 nitrogen and oxygen atoms in total. The van der Waals surface area contributed by atoms with Crippen LogP contribution in [0.3, 0.4) is 0 Å². The third-order valence-electron chi connectivity index (χ3n) is 2.76. The molecule has 0 atom stereocenters. The van der Waals surface area contributed by atoms with Gasteiger partial charge in [0.05, 0.1) is 9.75 Å². The van der Waals surface area contributed by atoms with Gasteiger partial charge in [0, 0.05) is 5.54 Å². The van der Waals surface area contributed by atoms with E-state index in [2.05, 4.69) is 17.2 Å². The van der Waals surface area contributed by atoms with E-state index in [1.165, 1.54) is 11.3 Å². The lowest BCUT2D eigenvalue weighted by atomic mass is 10.0. The Balaban J connectivity index is 2.88. The molecule has 0 aliphatic heterocycles. The number of hydrogen-bond donors (Lipinski definition) is 2. The lowest BCUT2D eigenvalue weighted by Crippen LogP contribution is -2.42. The summed E-state index contributed by atoms with van der Waals surface area (Å²) in [4.78, 5) is 13.6. The molecular formula is C14H19NO2S. The fourth-order valence-corrected chi connectivity index (χ4v) is 2.24. The molecule has 18 heavy (non-hydrogen) atoms. The van der Waals surface area contributed by atoms with E-state index < -0.39 is 0 Å². The summed E-state index contributed by atoms with van der Waals surface area (Å²) < 4.78 is 0. The van der Waals surface area contributed by atoms with Crippen LogP contribution in [0.25, 0.3) is 0 Å². The maximum absolute atomic E-state index is 12.1. The molecule has 0 spiro atoms. The Morgan fingerprint density at radius 2 is 2.22 bits per heavy atom. The summed E-state index contributed by atoms with van der Waals surface area (Å²) >= 11 is 1.36. The van der Waals surface area contributed by atoms with Crippen LogP contribution in [0.15, 0.2) is 6.07 Å². The van der Waals surface area contributed by atoms with Crippen LogP contribution < -0.4 is 5.32 Å². The molecule has 0 aliphatic carbocycles. The Morgan fingerprint density at radius 3 is 2.78 bits per heavy atom. The fraction of sp³-hybridized carbons (Fsp3) is 0.500. The number of aryl methyl sites for hydroxylation is 1. The summed E-state index contributed by atoms with van der Waals surface area (Å²) in [6.07, 6.45) is 0.875. The van der Waals surface area contributed by atoms with Gasteiger partial charge in [-0.2, -0.15) is 0 Å².